The van der Waals surface area contributed by atoms with Crippen molar-refractivity contribution in [1.29, 1.82) is 0 Å². The van der Waals surface area contributed by atoms with Crippen LogP contribution >= 0.6 is 15.9 Å². The Labute approximate surface area is 153 Å². The Balaban J connectivity index is 1.53. The lowest BCUT2D eigenvalue weighted by Gasteiger charge is -2.21. The molecule has 6 nitrogen and oxygen atoms in total. The summed E-state index contributed by atoms with van der Waals surface area (Å²) in [5.74, 6) is -0.102. The Morgan fingerprint density at radius 3 is 2.84 bits per heavy atom. The smallest absolute Gasteiger partial charge is 0.291 e. The molecule has 1 fully saturated rings. The molecule has 7 heteroatoms. The van der Waals surface area contributed by atoms with E-state index in [-0.39, 0.29) is 23.7 Å². The molecule has 2 aromatic rings. The number of hydrogen-bond donors (Lipinski definition) is 1. The third kappa shape index (κ3) is 3.21. The minimum atomic E-state index is -0.343. The molecule has 1 aromatic carbocycles. The number of nitrogens with zero attached hydrogens (tertiary/aromatic N) is 1. The van der Waals surface area contributed by atoms with Crippen LogP contribution in [0.4, 0.5) is 11.4 Å². The van der Waals surface area contributed by atoms with Gasteiger partial charge in [0.25, 0.3) is 11.8 Å². The first-order chi connectivity index (χ1) is 12.1. The number of nitrogens with one attached hydrogen (secondary N) is 1. The first-order valence-electron chi connectivity index (χ1n) is 8.24. The van der Waals surface area contributed by atoms with Gasteiger partial charge in [-0.25, -0.2) is 0 Å². The number of halogens is 1. The maximum absolute atomic E-state index is 12.7. The van der Waals surface area contributed by atoms with E-state index < -0.39 is 0 Å². The van der Waals surface area contributed by atoms with E-state index in [0.29, 0.717) is 23.5 Å². The van der Waals surface area contributed by atoms with Gasteiger partial charge in [0, 0.05) is 24.5 Å². The van der Waals surface area contributed by atoms with E-state index in [9.17, 15) is 9.59 Å². The molecule has 2 aliphatic heterocycles. The van der Waals surface area contributed by atoms with Gasteiger partial charge in [0.15, 0.2) is 10.4 Å². The van der Waals surface area contributed by atoms with Gasteiger partial charge in [-0.2, -0.15) is 0 Å². The Bertz CT molecular complexity index is 826. The molecule has 1 aromatic heterocycles. The van der Waals surface area contributed by atoms with Gasteiger partial charge in [-0.3, -0.25) is 9.59 Å². The summed E-state index contributed by atoms with van der Waals surface area (Å²) in [5, 5.41) is 2.81. The van der Waals surface area contributed by atoms with E-state index in [2.05, 4.69) is 21.2 Å². The maximum atomic E-state index is 12.7. The van der Waals surface area contributed by atoms with Crippen molar-refractivity contribution < 1.29 is 18.7 Å². The molecule has 0 bridgehead atoms. The second kappa shape index (κ2) is 6.65. The molecule has 4 rings (SSSR count). The second-order valence-electron chi connectivity index (χ2n) is 6.14. The van der Waals surface area contributed by atoms with E-state index >= 15 is 0 Å². The lowest BCUT2D eigenvalue weighted by Crippen LogP contribution is -2.37. The third-order valence-electron chi connectivity index (χ3n) is 4.51. The van der Waals surface area contributed by atoms with E-state index in [1.807, 2.05) is 18.2 Å². The first kappa shape index (κ1) is 16.4. The van der Waals surface area contributed by atoms with Crippen LogP contribution in [-0.2, 0) is 16.0 Å². The number of hydrogen-bond acceptors (Lipinski definition) is 4. The Kier molecular flexibility index (Phi) is 4.35. The molecule has 1 unspecified atom stereocenters. The fourth-order valence-corrected chi connectivity index (χ4v) is 3.57. The lowest BCUT2D eigenvalue weighted by molar-refractivity contribution is -0.127. The van der Waals surface area contributed by atoms with Crippen LogP contribution in [0.25, 0.3) is 0 Å². The van der Waals surface area contributed by atoms with Gasteiger partial charge in [0.1, 0.15) is 6.10 Å². The summed E-state index contributed by atoms with van der Waals surface area (Å²) in [6, 6.07) is 8.89. The molecule has 1 atom stereocenters. The van der Waals surface area contributed by atoms with Crippen molar-refractivity contribution in [2.45, 2.75) is 25.4 Å². The van der Waals surface area contributed by atoms with Crippen LogP contribution < -0.4 is 10.2 Å². The number of fused-ring (bicyclic) bond motifs is 1. The van der Waals surface area contributed by atoms with E-state index in [0.717, 1.165) is 30.5 Å². The monoisotopic (exact) mass is 404 g/mol. The zero-order valence-corrected chi connectivity index (χ0v) is 15.0. The standard InChI is InChI=1S/C18H17BrN2O4/c19-16-6-5-14(25-16)17(22)20-12-4-3-11-7-8-21(13(11)10-12)18(23)15-2-1-9-24-15/h3-6,10,15H,1-2,7-9H2,(H,20,22). The average Bonchev–Trinajstić information content (AvgIpc) is 3.34. The highest BCUT2D eigenvalue weighted by atomic mass is 79.9. The Morgan fingerprint density at radius 2 is 2.12 bits per heavy atom. The van der Waals surface area contributed by atoms with Crippen LogP contribution in [0, 0.1) is 0 Å². The molecular weight excluding hydrogens is 388 g/mol. The minimum absolute atomic E-state index is 0.00897. The van der Waals surface area contributed by atoms with E-state index in [4.69, 9.17) is 9.15 Å². The first-order valence-corrected chi connectivity index (χ1v) is 9.04. The van der Waals surface area contributed by atoms with Gasteiger partial charge in [0.05, 0.1) is 0 Å². The van der Waals surface area contributed by atoms with Gasteiger partial charge >= 0.3 is 0 Å². The molecule has 25 heavy (non-hydrogen) atoms. The van der Waals surface area contributed by atoms with Gasteiger partial charge in [0.2, 0.25) is 0 Å². The van der Waals surface area contributed by atoms with E-state index in [1.165, 1.54) is 0 Å². The summed E-state index contributed by atoms with van der Waals surface area (Å²) < 4.78 is 11.3. The van der Waals surface area contributed by atoms with E-state index in [1.54, 1.807) is 17.0 Å². The van der Waals surface area contributed by atoms with Crippen molar-refractivity contribution in [2.75, 3.05) is 23.4 Å². The third-order valence-corrected chi connectivity index (χ3v) is 4.93. The zero-order chi connectivity index (χ0) is 17.4. The molecule has 2 amide bonds. The van der Waals surface area contributed by atoms with Crippen molar-refractivity contribution in [1.82, 2.24) is 0 Å². The predicted octanol–water partition coefficient (Wildman–Crippen LogP) is 3.36. The molecule has 130 valence electrons. The summed E-state index contributed by atoms with van der Waals surface area (Å²) in [4.78, 5) is 26.7. The SMILES string of the molecule is O=C(Nc1ccc2c(c1)N(C(=O)C1CCCO1)CC2)c1ccc(Br)o1. The number of carbonyl (C=O) groups is 2. The largest absolute Gasteiger partial charge is 0.444 e. The summed E-state index contributed by atoms with van der Waals surface area (Å²) >= 11 is 3.18. The quantitative estimate of drug-likeness (QED) is 0.850. The Morgan fingerprint density at radius 1 is 1.24 bits per heavy atom. The molecule has 0 aliphatic carbocycles. The van der Waals surface area contributed by atoms with Crippen molar-refractivity contribution in [3.05, 3.63) is 46.3 Å². The number of benzene rings is 1. The topological polar surface area (TPSA) is 71.8 Å². The van der Waals surface area contributed by atoms with Crippen molar-refractivity contribution >= 4 is 39.1 Å². The molecule has 2 aliphatic rings. The number of ether oxygens (including phenoxy) is 1. The van der Waals surface area contributed by atoms with Crippen LogP contribution in [-0.4, -0.2) is 31.1 Å². The van der Waals surface area contributed by atoms with Gasteiger partial charge in [-0.1, -0.05) is 6.07 Å². The number of furan rings is 1. The van der Waals surface area contributed by atoms with Gasteiger partial charge < -0.3 is 19.4 Å². The van der Waals surface area contributed by atoms with Crippen LogP contribution in [0.5, 0.6) is 0 Å². The van der Waals surface area contributed by atoms with Crippen LogP contribution in [0.3, 0.4) is 0 Å². The minimum Gasteiger partial charge on any atom is -0.444 e. The number of amides is 2. The molecule has 3 heterocycles. The van der Waals surface area contributed by atoms with Crippen LogP contribution in [0.2, 0.25) is 0 Å². The van der Waals surface area contributed by atoms with Crippen molar-refractivity contribution in [3.8, 4) is 0 Å². The summed E-state index contributed by atoms with van der Waals surface area (Å²) in [6.45, 7) is 1.29. The molecular formula is C18H17BrN2O4. The highest BCUT2D eigenvalue weighted by molar-refractivity contribution is 9.10. The normalized spacial score (nSPS) is 19.1. The highest BCUT2D eigenvalue weighted by Crippen LogP contribution is 2.32. The zero-order valence-electron chi connectivity index (χ0n) is 13.5. The fourth-order valence-electron chi connectivity index (χ4n) is 3.26. The van der Waals surface area contributed by atoms with Crippen LogP contribution in [0.15, 0.2) is 39.4 Å². The molecule has 1 saturated heterocycles. The van der Waals surface area contributed by atoms with Crippen molar-refractivity contribution in [2.24, 2.45) is 0 Å². The predicted molar refractivity (Wildman–Crippen MR) is 95.8 cm³/mol. The summed E-state index contributed by atoms with van der Waals surface area (Å²) in [5.41, 5.74) is 2.58. The number of anilines is 2. The Hall–Kier alpha value is -2.12. The lowest BCUT2D eigenvalue weighted by atomic mass is 10.1. The summed E-state index contributed by atoms with van der Waals surface area (Å²) in [6.07, 6.45) is 2.16. The van der Waals surface area contributed by atoms with Gasteiger partial charge in [-0.05, 0) is 65.0 Å². The summed E-state index contributed by atoms with van der Waals surface area (Å²) in [7, 11) is 0. The van der Waals surface area contributed by atoms with Gasteiger partial charge in [-0.15, -0.1) is 0 Å². The molecule has 0 spiro atoms. The fraction of sp³-hybridized carbons (Fsp3) is 0.333. The number of rotatable bonds is 3. The van der Waals surface area contributed by atoms with Crippen LogP contribution in [0.1, 0.15) is 29.0 Å². The highest BCUT2D eigenvalue weighted by Gasteiger charge is 2.32. The second-order valence-corrected chi connectivity index (χ2v) is 6.92. The number of carbonyl (C=O) groups excluding carboxylic acids is 2. The molecule has 0 radical (unpaired) electrons. The maximum Gasteiger partial charge on any atom is 0.291 e. The van der Waals surface area contributed by atoms with Crippen molar-refractivity contribution in [3.63, 3.8) is 0 Å². The molecule has 0 saturated carbocycles. The average molecular weight is 405 g/mol. The molecule has 1 N–H and O–H groups in total.